The van der Waals surface area contributed by atoms with Gasteiger partial charge in [-0.1, -0.05) is 0 Å². The van der Waals surface area contributed by atoms with Crippen molar-refractivity contribution in [3.05, 3.63) is 0 Å². The maximum Gasteiger partial charge on any atom is 0.430 e. The van der Waals surface area contributed by atoms with Crippen LogP contribution in [0.15, 0.2) is 0 Å². The largest absolute Gasteiger partial charge is 0.459 e. The van der Waals surface area contributed by atoms with Gasteiger partial charge < -0.3 is 9.84 Å². The number of hydrogen-bond donors (Lipinski definition) is 3. The first-order valence-corrected chi connectivity index (χ1v) is 5.78. The van der Waals surface area contributed by atoms with E-state index in [0.717, 1.165) is 0 Å². The minimum Gasteiger partial charge on any atom is -0.459 e. The minimum atomic E-state index is -6.04. The van der Waals surface area contributed by atoms with Crippen LogP contribution >= 0.6 is 0 Å². The molecule has 21 heavy (non-hydrogen) atoms. The lowest BCUT2D eigenvalue weighted by Crippen LogP contribution is -2.70. The van der Waals surface area contributed by atoms with Crippen molar-refractivity contribution in [1.29, 1.82) is 0 Å². The number of hydrogen-bond acceptors (Lipinski definition) is 5. The molecule has 1 heterocycles. The summed E-state index contributed by atoms with van der Waals surface area (Å²) in [6, 6.07) is 0. The number of aliphatic hydroxyl groups is 1. The highest BCUT2D eigenvalue weighted by Crippen LogP contribution is 2.46. The second-order valence-electron chi connectivity index (χ2n) is 4.93. The average molecular weight is 324 g/mol. The molecule has 0 amide bonds. The second-order valence-corrected chi connectivity index (χ2v) is 4.93. The summed E-state index contributed by atoms with van der Waals surface area (Å²) in [6.45, 7) is 2.15. The van der Waals surface area contributed by atoms with Crippen LogP contribution in [0.3, 0.4) is 0 Å². The van der Waals surface area contributed by atoms with E-state index in [1.165, 1.54) is 6.92 Å². The molecule has 0 spiro atoms. The van der Waals surface area contributed by atoms with Gasteiger partial charge in [-0.15, -0.1) is 0 Å². The molecule has 0 bridgehead atoms. The predicted octanol–water partition coefficient (Wildman–Crippen LogP) is 1.03. The Labute approximate surface area is 115 Å². The Bertz CT molecular complexity index is 391. The van der Waals surface area contributed by atoms with Crippen molar-refractivity contribution in [1.82, 2.24) is 10.6 Å². The van der Waals surface area contributed by atoms with Crippen LogP contribution < -0.4 is 10.6 Å². The number of esters is 1. The van der Waals surface area contributed by atoms with Gasteiger partial charge in [-0.3, -0.25) is 15.4 Å². The van der Waals surface area contributed by atoms with Crippen molar-refractivity contribution < 1.29 is 41.0 Å². The van der Waals surface area contributed by atoms with E-state index in [1.807, 2.05) is 0 Å². The lowest BCUT2D eigenvalue weighted by atomic mass is 9.96. The van der Waals surface area contributed by atoms with E-state index in [0.29, 0.717) is 13.6 Å². The molecular weight excluding hydrogens is 310 g/mol. The molecular formula is C10H14F6N2O3. The monoisotopic (exact) mass is 324 g/mol. The highest BCUT2D eigenvalue weighted by atomic mass is 19.4. The third kappa shape index (κ3) is 3.40. The molecule has 3 N–H and O–H groups in total. The van der Waals surface area contributed by atoms with Crippen molar-refractivity contribution in [3.63, 3.8) is 0 Å². The SMILES string of the molecule is CC(OC(=O)CC1(C)NCN1)C(O)(C(F)(F)F)C(F)(F)F. The molecule has 0 aliphatic carbocycles. The maximum atomic E-state index is 12.5. The van der Waals surface area contributed by atoms with E-state index in [-0.39, 0.29) is 0 Å². The van der Waals surface area contributed by atoms with Gasteiger partial charge in [0.05, 0.1) is 12.1 Å². The average Bonchev–Trinajstić information content (AvgIpc) is 2.22. The number of carbonyl (C=O) groups excluding carboxylic acids is 1. The molecule has 124 valence electrons. The third-order valence-electron chi connectivity index (χ3n) is 3.22. The first kappa shape index (κ1) is 18.0. The summed E-state index contributed by atoms with van der Waals surface area (Å²) in [5, 5.41) is 14.4. The van der Waals surface area contributed by atoms with E-state index in [1.54, 1.807) is 0 Å². The van der Waals surface area contributed by atoms with Crippen LogP contribution in [0.5, 0.6) is 0 Å². The molecule has 0 aromatic rings. The Morgan fingerprint density at radius 3 is 1.95 bits per heavy atom. The van der Waals surface area contributed by atoms with Crippen LogP contribution in [0, 0.1) is 0 Å². The van der Waals surface area contributed by atoms with Crippen molar-refractivity contribution >= 4 is 5.97 Å². The van der Waals surface area contributed by atoms with E-state index in [4.69, 9.17) is 5.11 Å². The molecule has 1 fully saturated rings. The molecule has 5 nitrogen and oxygen atoms in total. The first-order valence-electron chi connectivity index (χ1n) is 5.78. The van der Waals surface area contributed by atoms with Crippen LogP contribution in [0.1, 0.15) is 20.3 Å². The number of ether oxygens (including phenoxy) is 1. The first-order chi connectivity index (χ1) is 9.23. The van der Waals surface area contributed by atoms with Crippen molar-refractivity contribution in [2.45, 2.75) is 50.0 Å². The molecule has 1 saturated heterocycles. The number of nitrogens with one attached hydrogen (secondary N) is 2. The van der Waals surface area contributed by atoms with Crippen LogP contribution in [-0.2, 0) is 9.53 Å². The van der Waals surface area contributed by atoms with Crippen LogP contribution in [0.25, 0.3) is 0 Å². The lowest BCUT2D eigenvalue weighted by Gasteiger charge is -2.41. The normalized spacial score (nSPS) is 20.6. The minimum absolute atomic E-state index is 0.336. The molecule has 1 unspecified atom stereocenters. The number of halogens is 6. The zero-order valence-electron chi connectivity index (χ0n) is 11.0. The number of carbonyl (C=O) groups is 1. The lowest BCUT2D eigenvalue weighted by molar-refractivity contribution is -0.389. The van der Waals surface area contributed by atoms with E-state index < -0.39 is 42.1 Å². The number of alkyl halides is 6. The summed E-state index contributed by atoms with van der Waals surface area (Å²) in [6.07, 6.45) is -15.4. The van der Waals surface area contributed by atoms with Gasteiger partial charge in [0.1, 0.15) is 6.10 Å². The van der Waals surface area contributed by atoms with Gasteiger partial charge in [-0.25, -0.2) is 0 Å². The maximum absolute atomic E-state index is 12.5. The third-order valence-corrected chi connectivity index (χ3v) is 3.22. The predicted molar refractivity (Wildman–Crippen MR) is 56.8 cm³/mol. The Kier molecular flexibility index (Phi) is 4.53. The topological polar surface area (TPSA) is 70.6 Å². The molecule has 11 heteroatoms. The summed E-state index contributed by atoms with van der Waals surface area (Å²) in [4.78, 5) is 11.4. The van der Waals surface area contributed by atoms with Gasteiger partial charge in [0, 0.05) is 6.67 Å². The molecule has 0 saturated carbocycles. The smallest absolute Gasteiger partial charge is 0.430 e. The fraction of sp³-hybridized carbons (Fsp3) is 0.900. The summed E-state index contributed by atoms with van der Waals surface area (Å²) in [5.41, 5.74) is -6.08. The molecule has 1 aliphatic rings. The second kappa shape index (κ2) is 5.29. The summed E-state index contributed by atoms with van der Waals surface area (Å²) in [5.74, 6) is -1.31. The Morgan fingerprint density at radius 1 is 1.24 bits per heavy atom. The van der Waals surface area contributed by atoms with Crippen molar-refractivity contribution in [3.8, 4) is 0 Å². The fourth-order valence-corrected chi connectivity index (χ4v) is 1.75. The summed E-state index contributed by atoms with van der Waals surface area (Å²) >= 11 is 0. The van der Waals surface area contributed by atoms with Gasteiger partial charge in [0.25, 0.3) is 5.60 Å². The van der Waals surface area contributed by atoms with Crippen LogP contribution in [-0.4, -0.2) is 47.5 Å². The van der Waals surface area contributed by atoms with E-state index in [9.17, 15) is 31.1 Å². The quantitative estimate of drug-likeness (QED) is 0.532. The van der Waals surface area contributed by atoms with E-state index in [2.05, 4.69) is 15.4 Å². The highest BCUT2D eigenvalue weighted by molar-refractivity contribution is 5.71. The van der Waals surface area contributed by atoms with Crippen molar-refractivity contribution in [2.24, 2.45) is 0 Å². The summed E-state index contributed by atoms with van der Waals surface area (Å²) in [7, 11) is 0. The number of rotatable bonds is 4. The molecule has 1 atom stereocenters. The summed E-state index contributed by atoms with van der Waals surface area (Å²) < 4.78 is 79.3. The van der Waals surface area contributed by atoms with Gasteiger partial charge in [0.15, 0.2) is 0 Å². The van der Waals surface area contributed by atoms with Gasteiger partial charge in [-0.2, -0.15) is 26.3 Å². The zero-order valence-corrected chi connectivity index (χ0v) is 11.0. The standard InChI is InChI=1S/C10H14F6N2O3/c1-5(8(20,9(11,12)13)10(14,15)16)21-6(19)3-7(2)17-4-18-7/h5,17-18,20H,3-4H2,1-2H3. The Hall–Kier alpha value is -1.07. The highest BCUT2D eigenvalue weighted by Gasteiger charge is 2.74. The van der Waals surface area contributed by atoms with Crippen LogP contribution in [0.4, 0.5) is 26.3 Å². The zero-order chi connectivity index (χ0) is 16.7. The fourth-order valence-electron chi connectivity index (χ4n) is 1.75. The molecule has 0 radical (unpaired) electrons. The Morgan fingerprint density at radius 2 is 1.67 bits per heavy atom. The van der Waals surface area contributed by atoms with Crippen LogP contribution in [0.2, 0.25) is 0 Å². The molecule has 0 aromatic carbocycles. The molecule has 1 rings (SSSR count). The van der Waals surface area contributed by atoms with Gasteiger partial charge in [0.2, 0.25) is 0 Å². The van der Waals surface area contributed by atoms with Gasteiger partial charge >= 0.3 is 18.3 Å². The van der Waals surface area contributed by atoms with E-state index >= 15 is 0 Å². The molecule has 1 aliphatic heterocycles. The Balaban J connectivity index is 2.83. The van der Waals surface area contributed by atoms with Crippen molar-refractivity contribution in [2.75, 3.05) is 6.67 Å². The van der Waals surface area contributed by atoms with Gasteiger partial charge in [-0.05, 0) is 13.8 Å². The molecule has 0 aromatic heterocycles.